The number of hydrogen-bond donors (Lipinski definition) is 0. The molecule has 0 saturated carbocycles. The third-order valence-corrected chi connectivity index (χ3v) is 5.05. The molecule has 1 amide bonds. The highest BCUT2D eigenvalue weighted by Gasteiger charge is 2.45. The Hall–Kier alpha value is -1.44. The molecule has 134 valence electrons. The minimum Gasteiger partial charge on any atom is -0.383 e. The molecule has 24 heavy (non-hydrogen) atoms. The van der Waals surface area contributed by atoms with Crippen molar-refractivity contribution >= 4 is 5.91 Å². The van der Waals surface area contributed by atoms with Gasteiger partial charge in [-0.3, -0.25) is 9.69 Å². The molecular formula is C17H27N3O4. The Morgan fingerprint density at radius 3 is 2.88 bits per heavy atom. The first kappa shape index (κ1) is 17.4. The lowest BCUT2D eigenvalue weighted by molar-refractivity contribution is -0.128. The predicted molar refractivity (Wildman–Crippen MR) is 87.6 cm³/mol. The molecule has 2 saturated heterocycles. The van der Waals surface area contributed by atoms with Crippen molar-refractivity contribution in [3.05, 3.63) is 17.0 Å². The number of ether oxygens (including phenoxy) is 2. The van der Waals surface area contributed by atoms with Gasteiger partial charge in [0, 0.05) is 57.2 Å². The van der Waals surface area contributed by atoms with E-state index in [-0.39, 0.29) is 11.3 Å². The Bertz CT molecular complexity index is 569. The van der Waals surface area contributed by atoms with E-state index in [9.17, 15) is 4.79 Å². The second-order valence-corrected chi connectivity index (χ2v) is 7.05. The summed E-state index contributed by atoms with van der Waals surface area (Å²) in [6.07, 6.45) is 0.550. The summed E-state index contributed by atoms with van der Waals surface area (Å²) in [6, 6.07) is 0. The van der Waals surface area contributed by atoms with E-state index >= 15 is 0 Å². The third-order valence-electron chi connectivity index (χ3n) is 5.05. The number of nitrogens with zero attached hydrogens (tertiary/aromatic N) is 3. The minimum atomic E-state index is -0.125. The summed E-state index contributed by atoms with van der Waals surface area (Å²) in [7, 11) is 1.66. The number of carbonyl (C=O) groups is 1. The van der Waals surface area contributed by atoms with Crippen molar-refractivity contribution in [3.8, 4) is 0 Å². The molecule has 0 N–H and O–H groups in total. The molecule has 2 aliphatic heterocycles. The molecule has 3 heterocycles. The van der Waals surface area contributed by atoms with Crippen LogP contribution < -0.4 is 0 Å². The van der Waals surface area contributed by atoms with E-state index in [1.54, 1.807) is 7.11 Å². The van der Waals surface area contributed by atoms with Gasteiger partial charge < -0.3 is 18.9 Å². The van der Waals surface area contributed by atoms with Crippen molar-refractivity contribution in [2.45, 2.75) is 26.8 Å². The Morgan fingerprint density at radius 2 is 2.17 bits per heavy atom. The highest BCUT2D eigenvalue weighted by molar-refractivity contribution is 5.79. The molecule has 2 aliphatic rings. The fraction of sp³-hybridized carbons (Fsp3) is 0.765. The summed E-state index contributed by atoms with van der Waals surface area (Å²) in [6.45, 7) is 9.73. The largest absolute Gasteiger partial charge is 0.383 e. The maximum Gasteiger partial charge on any atom is 0.223 e. The molecule has 7 nitrogen and oxygen atoms in total. The lowest BCUT2D eigenvalue weighted by atomic mass is 9.87. The molecule has 1 aromatic heterocycles. The van der Waals surface area contributed by atoms with Crippen molar-refractivity contribution in [1.29, 1.82) is 0 Å². The maximum absolute atomic E-state index is 12.4. The van der Waals surface area contributed by atoms with Gasteiger partial charge in [0.2, 0.25) is 5.91 Å². The average Bonchev–Trinajstić information content (AvgIpc) is 2.93. The zero-order valence-corrected chi connectivity index (χ0v) is 14.8. The van der Waals surface area contributed by atoms with Gasteiger partial charge in [0.25, 0.3) is 0 Å². The van der Waals surface area contributed by atoms with Crippen LogP contribution in [0.5, 0.6) is 0 Å². The molecule has 3 rings (SSSR count). The average molecular weight is 337 g/mol. The fourth-order valence-electron chi connectivity index (χ4n) is 3.76. The molecule has 1 atom stereocenters. The summed E-state index contributed by atoms with van der Waals surface area (Å²) in [5.41, 5.74) is 1.96. The van der Waals surface area contributed by atoms with Crippen LogP contribution in [0.4, 0.5) is 0 Å². The number of likely N-dealkylation sites (tertiary alicyclic amines) is 1. The van der Waals surface area contributed by atoms with Crippen LogP contribution in [-0.4, -0.2) is 74.0 Å². The molecular weight excluding hydrogens is 310 g/mol. The monoisotopic (exact) mass is 337 g/mol. The van der Waals surface area contributed by atoms with Crippen molar-refractivity contribution in [1.82, 2.24) is 15.0 Å². The van der Waals surface area contributed by atoms with Crippen LogP contribution in [0.1, 0.15) is 23.4 Å². The van der Waals surface area contributed by atoms with Crippen LogP contribution >= 0.6 is 0 Å². The number of rotatable bonds is 5. The second-order valence-electron chi connectivity index (χ2n) is 7.05. The van der Waals surface area contributed by atoms with Gasteiger partial charge in [-0.1, -0.05) is 5.16 Å². The van der Waals surface area contributed by atoms with E-state index in [4.69, 9.17) is 14.0 Å². The molecule has 7 heteroatoms. The topological polar surface area (TPSA) is 68.0 Å². The zero-order chi connectivity index (χ0) is 17.2. The van der Waals surface area contributed by atoms with Crippen LogP contribution in [0.2, 0.25) is 0 Å². The highest BCUT2D eigenvalue weighted by atomic mass is 16.5. The van der Waals surface area contributed by atoms with Gasteiger partial charge in [-0.25, -0.2) is 0 Å². The van der Waals surface area contributed by atoms with E-state index in [0.717, 1.165) is 43.2 Å². The molecule has 0 aromatic carbocycles. The summed E-state index contributed by atoms with van der Waals surface area (Å²) < 4.78 is 16.2. The Labute approximate surface area is 142 Å². The van der Waals surface area contributed by atoms with Gasteiger partial charge >= 0.3 is 0 Å². The summed E-state index contributed by atoms with van der Waals surface area (Å²) in [5.74, 6) is 1.07. The number of amides is 1. The summed E-state index contributed by atoms with van der Waals surface area (Å²) in [5, 5.41) is 4.04. The van der Waals surface area contributed by atoms with Gasteiger partial charge in [-0.2, -0.15) is 0 Å². The molecule has 0 aliphatic carbocycles. The number of carbonyl (C=O) groups excluding carboxylic acids is 1. The highest BCUT2D eigenvalue weighted by Crippen LogP contribution is 2.34. The predicted octanol–water partition coefficient (Wildman–Crippen LogP) is 0.989. The number of hydrogen-bond acceptors (Lipinski definition) is 6. The molecule has 2 fully saturated rings. The fourth-order valence-corrected chi connectivity index (χ4v) is 3.76. The first-order valence-electron chi connectivity index (χ1n) is 8.51. The normalized spacial score (nSPS) is 25.6. The van der Waals surface area contributed by atoms with Crippen LogP contribution in [0.15, 0.2) is 4.52 Å². The SMILES string of the molecule is COCCN1C[C@@]2(COCCN(Cc3c(C)noc3C)C2)CC1=O. The lowest BCUT2D eigenvalue weighted by Crippen LogP contribution is -2.41. The second kappa shape index (κ2) is 7.21. The molecule has 1 spiro atoms. The van der Waals surface area contributed by atoms with E-state index in [1.807, 2.05) is 18.7 Å². The Balaban J connectivity index is 1.70. The van der Waals surface area contributed by atoms with E-state index in [1.165, 1.54) is 0 Å². The van der Waals surface area contributed by atoms with Crippen molar-refractivity contribution in [2.75, 3.05) is 53.1 Å². The first-order valence-corrected chi connectivity index (χ1v) is 8.51. The van der Waals surface area contributed by atoms with Gasteiger partial charge in [0.1, 0.15) is 5.76 Å². The quantitative estimate of drug-likeness (QED) is 0.798. The molecule has 0 bridgehead atoms. The lowest BCUT2D eigenvalue weighted by Gasteiger charge is -2.31. The van der Waals surface area contributed by atoms with Crippen LogP contribution in [-0.2, 0) is 20.8 Å². The van der Waals surface area contributed by atoms with Crippen molar-refractivity contribution in [2.24, 2.45) is 5.41 Å². The summed E-state index contributed by atoms with van der Waals surface area (Å²) >= 11 is 0. The Kier molecular flexibility index (Phi) is 5.22. The Morgan fingerprint density at radius 1 is 1.33 bits per heavy atom. The van der Waals surface area contributed by atoms with Crippen LogP contribution in [0.3, 0.4) is 0 Å². The summed E-state index contributed by atoms with van der Waals surface area (Å²) in [4.78, 5) is 16.6. The van der Waals surface area contributed by atoms with E-state index in [0.29, 0.717) is 32.8 Å². The van der Waals surface area contributed by atoms with Gasteiger partial charge in [-0.15, -0.1) is 0 Å². The van der Waals surface area contributed by atoms with Gasteiger partial charge in [0.05, 0.1) is 25.5 Å². The molecule has 1 aromatic rings. The molecule has 0 unspecified atom stereocenters. The van der Waals surface area contributed by atoms with Crippen molar-refractivity contribution in [3.63, 3.8) is 0 Å². The zero-order valence-electron chi connectivity index (χ0n) is 14.8. The molecule has 0 radical (unpaired) electrons. The van der Waals surface area contributed by atoms with E-state index < -0.39 is 0 Å². The first-order chi connectivity index (χ1) is 11.5. The number of aryl methyl sites for hydroxylation is 2. The third kappa shape index (κ3) is 3.63. The standard InChI is InChI=1S/C17H27N3O4/c1-13-15(14(2)24-18-13)9-19-4-7-23-12-17(10-19)8-16(21)20(11-17)5-6-22-3/h4-12H2,1-3H3/t17-/m1/s1. The number of aromatic nitrogens is 1. The number of methoxy groups -OCH3 is 1. The van der Waals surface area contributed by atoms with Crippen molar-refractivity contribution < 1.29 is 18.8 Å². The minimum absolute atomic E-state index is 0.125. The van der Waals surface area contributed by atoms with Crippen LogP contribution in [0, 0.1) is 19.3 Å². The van der Waals surface area contributed by atoms with E-state index in [2.05, 4.69) is 10.1 Å². The van der Waals surface area contributed by atoms with Crippen LogP contribution in [0.25, 0.3) is 0 Å². The van der Waals surface area contributed by atoms with Gasteiger partial charge in [0.15, 0.2) is 0 Å². The maximum atomic E-state index is 12.4. The van der Waals surface area contributed by atoms with Gasteiger partial charge in [-0.05, 0) is 13.8 Å². The smallest absolute Gasteiger partial charge is 0.223 e.